The minimum Gasteiger partial charge on any atom is -0.339 e. The highest BCUT2D eigenvalue weighted by Gasteiger charge is 2.15. The molecule has 0 aliphatic carbocycles. The van der Waals surface area contributed by atoms with Crippen LogP contribution in [0.4, 0.5) is 17.2 Å². The molecular weight excluding hydrogens is 380 g/mol. The minimum absolute atomic E-state index is 0.110. The summed E-state index contributed by atoms with van der Waals surface area (Å²) in [6.45, 7) is 1.48. The molecule has 0 aliphatic heterocycles. The Kier molecular flexibility index (Phi) is 4.13. The third-order valence-corrected chi connectivity index (χ3v) is 4.79. The molecule has 3 aromatic heterocycles. The zero-order chi connectivity index (χ0) is 20.7. The van der Waals surface area contributed by atoms with Gasteiger partial charge in [-0.15, -0.1) is 0 Å². The van der Waals surface area contributed by atoms with Gasteiger partial charge in [0.05, 0.1) is 23.3 Å². The van der Waals surface area contributed by atoms with Gasteiger partial charge in [-0.25, -0.2) is 9.97 Å². The van der Waals surface area contributed by atoms with Gasteiger partial charge in [-0.1, -0.05) is 12.1 Å². The lowest BCUT2D eigenvalue weighted by Gasteiger charge is -2.10. The number of nitrogens with zero attached hydrogens (tertiary/aromatic N) is 5. The number of carbonyl (C=O) groups excluding carboxylic acids is 1. The highest BCUT2D eigenvalue weighted by Crippen LogP contribution is 2.30. The summed E-state index contributed by atoms with van der Waals surface area (Å²) < 4.78 is 1.72. The van der Waals surface area contributed by atoms with E-state index in [1.807, 2.05) is 49.5 Å². The molecule has 1 amide bonds. The Labute approximate surface area is 171 Å². The van der Waals surface area contributed by atoms with Gasteiger partial charge in [0.15, 0.2) is 11.5 Å². The Balaban J connectivity index is 1.60. The van der Waals surface area contributed by atoms with Gasteiger partial charge in [0.1, 0.15) is 5.82 Å². The standard InChI is InChI=1S/C21H18N8O/c1-12(30)24-13-6-8-14(9-7-13)25-20-17-11-23-29(2)21(17)27-19(26-20)15-4-3-5-18-16(15)10-22-28-18/h3-11H,1-2H3,(H,22,28)(H,24,30)(H,25,26,27). The number of anilines is 3. The molecule has 0 unspecified atom stereocenters. The molecule has 0 aliphatic rings. The average molecular weight is 398 g/mol. The van der Waals surface area contributed by atoms with Crippen LogP contribution in [-0.2, 0) is 11.8 Å². The number of aromatic nitrogens is 6. The van der Waals surface area contributed by atoms with Gasteiger partial charge in [0.2, 0.25) is 5.91 Å². The first kappa shape index (κ1) is 17.8. The van der Waals surface area contributed by atoms with E-state index < -0.39 is 0 Å². The number of benzene rings is 2. The van der Waals surface area contributed by atoms with E-state index in [0.29, 0.717) is 11.6 Å². The molecule has 0 fully saturated rings. The Morgan fingerprint density at radius 3 is 2.60 bits per heavy atom. The Morgan fingerprint density at radius 1 is 1.00 bits per heavy atom. The molecule has 0 bridgehead atoms. The molecule has 148 valence electrons. The molecule has 2 aromatic carbocycles. The van der Waals surface area contributed by atoms with E-state index in [4.69, 9.17) is 9.97 Å². The molecule has 30 heavy (non-hydrogen) atoms. The second kappa shape index (κ2) is 6.96. The van der Waals surface area contributed by atoms with Crippen molar-refractivity contribution in [2.45, 2.75) is 6.92 Å². The fourth-order valence-electron chi connectivity index (χ4n) is 3.38. The van der Waals surface area contributed by atoms with Crippen LogP contribution in [0.25, 0.3) is 33.3 Å². The van der Waals surface area contributed by atoms with Crippen molar-refractivity contribution < 1.29 is 4.79 Å². The molecule has 5 rings (SSSR count). The second-order valence-corrected chi connectivity index (χ2v) is 6.92. The summed E-state index contributed by atoms with van der Waals surface area (Å²) in [5.41, 5.74) is 4.09. The number of rotatable bonds is 4. The Morgan fingerprint density at radius 2 is 1.80 bits per heavy atom. The first-order valence-electron chi connectivity index (χ1n) is 9.35. The topological polar surface area (TPSA) is 113 Å². The van der Waals surface area contributed by atoms with Crippen molar-refractivity contribution in [2.75, 3.05) is 10.6 Å². The predicted octanol–water partition coefficient (Wildman–Crippen LogP) is 3.61. The lowest BCUT2D eigenvalue weighted by molar-refractivity contribution is -0.114. The van der Waals surface area contributed by atoms with E-state index in [9.17, 15) is 4.79 Å². The van der Waals surface area contributed by atoms with Crippen LogP contribution in [0.2, 0.25) is 0 Å². The van der Waals surface area contributed by atoms with Crippen LogP contribution in [0.1, 0.15) is 6.92 Å². The first-order chi connectivity index (χ1) is 14.6. The normalized spacial score (nSPS) is 11.1. The molecule has 5 aromatic rings. The van der Waals surface area contributed by atoms with Gasteiger partial charge < -0.3 is 10.6 Å². The molecule has 0 spiro atoms. The lowest BCUT2D eigenvalue weighted by Crippen LogP contribution is -2.05. The lowest BCUT2D eigenvalue weighted by atomic mass is 10.1. The second-order valence-electron chi connectivity index (χ2n) is 6.92. The van der Waals surface area contributed by atoms with Crippen molar-refractivity contribution in [3.05, 3.63) is 54.9 Å². The van der Waals surface area contributed by atoms with E-state index in [0.717, 1.165) is 38.9 Å². The van der Waals surface area contributed by atoms with Crippen molar-refractivity contribution in [2.24, 2.45) is 7.05 Å². The van der Waals surface area contributed by atoms with E-state index >= 15 is 0 Å². The van der Waals surface area contributed by atoms with Crippen molar-refractivity contribution in [1.82, 2.24) is 29.9 Å². The SMILES string of the molecule is CC(=O)Nc1ccc(Nc2nc(-c3cccc4[nH]ncc34)nc3c2cnn3C)cc1. The number of aryl methyl sites for hydroxylation is 1. The Bertz CT molecular complexity index is 1380. The summed E-state index contributed by atoms with van der Waals surface area (Å²) in [5.74, 6) is 1.12. The van der Waals surface area contributed by atoms with Crippen molar-refractivity contribution >= 4 is 45.0 Å². The van der Waals surface area contributed by atoms with Crippen LogP contribution in [0, 0.1) is 0 Å². The van der Waals surface area contributed by atoms with Crippen LogP contribution >= 0.6 is 0 Å². The molecule has 0 saturated heterocycles. The molecule has 9 nitrogen and oxygen atoms in total. The summed E-state index contributed by atoms with van der Waals surface area (Å²) in [6.07, 6.45) is 3.51. The molecule has 0 atom stereocenters. The van der Waals surface area contributed by atoms with Crippen molar-refractivity contribution in [3.63, 3.8) is 0 Å². The molecule has 9 heteroatoms. The largest absolute Gasteiger partial charge is 0.339 e. The predicted molar refractivity (Wildman–Crippen MR) is 115 cm³/mol. The summed E-state index contributed by atoms with van der Waals surface area (Å²) in [6, 6.07) is 13.3. The fourth-order valence-corrected chi connectivity index (χ4v) is 3.38. The average Bonchev–Trinajstić information content (AvgIpc) is 3.36. The van der Waals surface area contributed by atoms with Crippen LogP contribution in [0.5, 0.6) is 0 Å². The van der Waals surface area contributed by atoms with Gasteiger partial charge in [-0.2, -0.15) is 10.2 Å². The third-order valence-electron chi connectivity index (χ3n) is 4.79. The third kappa shape index (κ3) is 3.12. The quantitative estimate of drug-likeness (QED) is 0.426. The zero-order valence-electron chi connectivity index (χ0n) is 16.3. The first-order valence-corrected chi connectivity index (χ1v) is 9.35. The molecular formula is C21H18N8O. The van der Waals surface area contributed by atoms with Gasteiger partial charge in [-0.05, 0) is 30.3 Å². The maximum Gasteiger partial charge on any atom is 0.221 e. The summed E-state index contributed by atoms with van der Waals surface area (Å²) in [5, 5.41) is 19.3. The van der Waals surface area contributed by atoms with Crippen molar-refractivity contribution in [3.8, 4) is 11.4 Å². The molecule has 3 N–H and O–H groups in total. The van der Waals surface area contributed by atoms with E-state index in [1.165, 1.54) is 6.92 Å². The van der Waals surface area contributed by atoms with Gasteiger partial charge in [0.25, 0.3) is 0 Å². The minimum atomic E-state index is -0.110. The highest BCUT2D eigenvalue weighted by atomic mass is 16.1. The highest BCUT2D eigenvalue weighted by molar-refractivity contribution is 5.96. The number of hydrogen-bond donors (Lipinski definition) is 3. The van der Waals surface area contributed by atoms with Gasteiger partial charge in [0, 0.05) is 36.3 Å². The van der Waals surface area contributed by atoms with Gasteiger partial charge >= 0.3 is 0 Å². The smallest absolute Gasteiger partial charge is 0.221 e. The van der Waals surface area contributed by atoms with Crippen LogP contribution < -0.4 is 10.6 Å². The van der Waals surface area contributed by atoms with Crippen molar-refractivity contribution in [1.29, 1.82) is 0 Å². The zero-order valence-corrected chi connectivity index (χ0v) is 16.3. The number of fused-ring (bicyclic) bond motifs is 2. The van der Waals surface area contributed by atoms with E-state index in [2.05, 4.69) is 25.9 Å². The van der Waals surface area contributed by atoms with E-state index in [1.54, 1.807) is 17.1 Å². The number of nitrogens with one attached hydrogen (secondary N) is 3. The summed E-state index contributed by atoms with van der Waals surface area (Å²) in [4.78, 5) is 20.8. The summed E-state index contributed by atoms with van der Waals surface area (Å²) in [7, 11) is 1.85. The number of hydrogen-bond acceptors (Lipinski definition) is 6. The van der Waals surface area contributed by atoms with Gasteiger partial charge in [-0.3, -0.25) is 14.6 Å². The number of amides is 1. The molecule has 0 radical (unpaired) electrons. The maximum absolute atomic E-state index is 11.2. The molecule has 0 saturated carbocycles. The monoisotopic (exact) mass is 398 g/mol. The number of carbonyl (C=O) groups is 1. The number of H-pyrrole nitrogens is 1. The number of aromatic amines is 1. The van der Waals surface area contributed by atoms with Crippen LogP contribution in [0.15, 0.2) is 54.9 Å². The summed E-state index contributed by atoms with van der Waals surface area (Å²) >= 11 is 0. The van der Waals surface area contributed by atoms with Crippen LogP contribution in [0.3, 0.4) is 0 Å². The van der Waals surface area contributed by atoms with Crippen LogP contribution in [-0.4, -0.2) is 35.9 Å². The molecule has 3 heterocycles. The fraction of sp³-hybridized carbons (Fsp3) is 0.0952. The Hall–Kier alpha value is -4.27. The van der Waals surface area contributed by atoms with E-state index in [-0.39, 0.29) is 5.91 Å². The maximum atomic E-state index is 11.2.